The van der Waals surface area contributed by atoms with E-state index in [0.717, 1.165) is 33.6 Å². The van der Waals surface area contributed by atoms with Crippen LogP contribution >= 0.6 is 11.6 Å². The van der Waals surface area contributed by atoms with Gasteiger partial charge < -0.3 is 5.32 Å². The summed E-state index contributed by atoms with van der Waals surface area (Å²) >= 11 is 6.29. The first kappa shape index (κ1) is 19.4. The van der Waals surface area contributed by atoms with Gasteiger partial charge in [-0.15, -0.1) is 0 Å². The summed E-state index contributed by atoms with van der Waals surface area (Å²) in [4.78, 5) is 25.9. The third-order valence-electron chi connectivity index (χ3n) is 5.53. The third-order valence-corrected chi connectivity index (χ3v) is 5.94. The molecule has 1 atom stereocenters. The number of rotatable bonds is 3. The Morgan fingerprint density at radius 2 is 1.93 bits per heavy atom. The molecule has 0 unspecified atom stereocenters. The molecule has 5 nitrogen and oxygen atoms in total. The van der Waals surface area contributed by atoms with Crippen molar-refractivity contribution in [2.24, 2.45) is 0 Å². The maximum Gasteiger partial charge on any atom is 0.226 e. The molecule has 1 N–H and O–H groups in total. The zero-order valence-electron chi connectivity index (χ0n) is 16.8. The highest BCUT2D eigenvalue weighted by Crippen LogP contribution is 2.39. The molecule has 0 aliphatic carbocycles. The molecule has 1 aromatic heterocycles. The van der Waals surface area contributed by atoms with E-state index in [-0.39, 0.29) is 18.1 Å². The highest BCUT2D eigenvalue weighted by atomic mass is 35.5. The van der Waals surface area contributed by atoms with Crippen LogP contribution < -0.4 is 5.32 Å². The molecule has 0 bridgehead atoms. The highest BCUT2D eigenvalue weighted by Gasteiger charge is 2.36. The fourth-order valence-electron chi connectivity index (χ4n) is 4.05. The van der Waals surface area contributed by atoms with Gasteiger partial charge in [-0.3, -0.25) is 9.59 Å². The lowest BCUT2D eigenvalue weighted by atomic mass is 9.84. The summed E-state index contributed by atoms with van der Waals surface area (Å²) in [5.74, 6) is -0.258. The predicted octanol–water partition coefficient (Wildman–Crippen LogP) is 5.07. The molecule has 3 aromatic rings. The lowest BCUT2D eigenvalue weighted by Crippen LogP contribution is -2.29. The summed E-state index contributed by atoms with van der Waals surface area (Å²) in [6.45, 7) is 7.70. The highest BCUT2D eigenvalue weighted by molar-refractivity contribution is 6.31. The van der Waals surface area contributed by atoms with E-state index in [1.54, 1.807) is 4.68 Å². The minimum Gasteiger partial charge on any atom is -0.310 e. The fraction of sp³-hybridized carbons (Fsp3) is 0.261. The summed E-state index contributed by atoms with van der Waals surface area (Å²) in [6, 6.07) is 11.3. The molecule has 4 rings (SSSR count). The average Bonchev–Trinajstić information content (AvgIpc) is 2.99. The molecule has 0 radical (unpaired) electrons. The van der Waals surface area contributed by atoms with Gasteiger partial charge in [0.15, 0.2) is 5.78 Å². The zero-order valence-corrected chi connectivity index (χ0v) is 17.6. The van der Waals surface area contributed by atoms with Crippen molar-refractivity contribution < 1.29 is 9.59 Å². The number of fused-ring (bicyclic) bond motifs is 1. The van der Waals surface area contributed by atoms with Crippen molar-refractivity contribution in [2.45, 2.75) is 40.0 Å². The summed E-state index contributed by atoms with van der Waals surface area (Å²) in [7, 11) is 0. The lowest BCUT2D eigenvalue weighted by molar-refractivity contribution is -0.116. The number of benzene rings is 2. The van der Waals surface area contributed by atoms with Gasteiger partial charge >= 0.3 is 0 Å². The van der Waals surface area contributed by atoms with E-state index in [4.69, 9.17) is 11.6 Å². The number of halogens is 1. The van der Waals surface area contributed by atoms with Crippen LogP contribution in [0.1, 0.15) is 50.6 Å². The van der Waals surface area contributed by atoms with Crippen LogP contribution in [0.2, 0.25) is 5.02 Å². The number of hydrogen-bond donors (Lipinski definition) is 1. The topological polar surface area (TPSA) is 64.0 Å². The maximum atomic E-state index is 13.4. The van der Waals surface area contributed by atoms with Crippen LogP contribution in [0.15, 0.2) is 36.4 Å². The third kappa shape index (κ3) is 3.25. The Morgan fingerprint density at radius 3 is 2.66 bits per heavy atom. The number of carbonyl (C=O) groups excluding carboxylic acids is 2. The van der Waals surface area contributed by atoms with Crippen molar-refractivity contribution in [2.75, 3.05) is 5.32 Å². The van der Waals surface area contributed by atoms with Gasteiger partial charge in [-0.2, -0.15) is 5.10 Å². The van der Waals surface area contributed by atoms with Gasteiger partial charge in [-0.05, 0) is 51.0 Å². The van der Waals surface area contributed by atoms with Crippen molar-refractivity contribution >= 4 is 29.1 Å². The molecule has 1 aliphatic heterocycles. The number of carbonyl (C=O) groups is 2. The molecule has 1 aliphatic rings. The molecule has 148 valence electrons. The van der Waals surface area contributed by atoms with Crippen LogP contribution in [-0.2, 0) is 4.79 Å². The van der Waals surface area contributed by atoms with Crippen molar-refractivity contribution in [3.05, 3.63) is 74.9 Å². The average molecular weight is 408 g/mol. The Bertz CT molecular complexity index is 1160. The Balaban J connectivity index is 1.86. The van der Waals surface area contributed by atoms with Gasteiger partial charge in [0, 0.05) is 22.6 Å². The van der Waals surface area contributed by atoms with Gasteiger partial charge in [0.2, 0.25) is 5.91 Å². The molecular formula is C23H22ClN3O2. The Morgan fingerprint density at radius 1 is 1.17 bits per heavy atom. The maximum absolute atomic E-state index is 13.4. The number of aromatic nitrogens is 2. The normalized spacial score (nSPS) is 15.8. The van der Waals surface area contributed by atoms with Crippen molar-refractivity contribution in [3.63, 3.8) is 0 Å². The molecule has 0 saturated carbocycles. The van der Waals surface area contributed by atoms with E-state index in [1.165, 1.54) is 0 Å². The number of ketones is 1. The van der Waals surface area contributed by atoms with Crippen LogP contribution in [0.5, 0.6) is 0 Å². The lowest BCUT2D eigenvalue weighted by Gasteiger charge is -2.24. The number of nitrogens with one attached hydrogen (secondary N) is 1. The second kappa shape index (κ2) is 7.16. The number of nitrogens with zero attached hydrogens (tertiary/aromatic N) is 2. The first-order chi connectivity index (χ1) is 13.8. The number of amides is 1. The monoisotopic (exact) mass is 407 g/mol. The van der Waals surface area contributed by atoms with E-state index < -0.39 is 5.92 Å². The Kier molecular flexibility index (Phi) is 4.79. The first-order valence-electron chi connectivity index (χ1n) is 9.54. The van der Waals surface area contributed by atoms with Crippen LogP contribution in [0.25, 0.3) is 5.69 Å². The smallest absolute Gasteiger partial charge is 0.226 e. The number of aryl methyl sites for hydroxylation is 3. The molecule has 29 heavy (non-hydrogen) atoms. The van der Waals surface area contributed by atoms with Gasteiger partial charge in [-0.25, -0.2) is 4.68 Å². The zero-order chi connectivity index (χ0) is 20.9. The number of Topliss-reactive ketones (excluding diaryl/α,β-unsaturated/α-hetero) is 1. The molecule has 0 fully saturated rings. The standard InChI is InChI=1S/C23H22ClN3O2/c1-12-8-9-16(13(2)10-12)22(29)17-11-20(28)25-23-21(17)15(4)26-27(23)19-7-5-6-18(24)14(19)3/h5-10,17H,11H2,1-4H3,(H,25,28)/t17-/m0/s1. The SMILES string of the molecule is Cc1ccc(C(=O)[C@H]2CC(=O)Nc3c2c(C)nn3-c2cccc(Cl)c2C)c(C)c1. The molecular weight excluding hydrogens is 386 g/mol. The van der Waals surface area contributed by atoms with Crippen LogP contribution in [0, 0.1) is 27.7 Å². The Labute approximate surface area is 174 Å². The van der Waals surface area contributed by atoms with Crippen molar-refractivity contribution in [1.29, 1.82) is 0 Å². The van der Waals surface area contributed by atoms with Crippen molar-refractivity contribution in [1.82, 2.24) is 9.78 Å². The van der Waals surface area contributed by atoms with Gasteiger partial charge in [0.05, 0.1) is 17.3 Å². The van der Waals surface area contributed by atoms with E-state index in [9.17, 15) is 9.59 Å². The van der Waals surface area contributed by atoms with Gasteiger partial charge in [0.25, 0.3) is 0 Å². The Hall–Kier alpha value is -2.92. The molecule has 2 aromatic carbocycles. The van der Waals surface area contributed by atoms with E-state index in [1.807, 2.05) is 64.1 Å². The van der Waals surface area contributed by atoms with E-state index in [2.05, 4.69) is 10.4 Å². The van der Waals surface area contributed by atoms with Gasteiger partial charge in [-0.1, -0.05) is 41.4 Å². The van der Waals surface area contributed by atoms with Gasteiger partial charge in [0.1, 0.15) is 5.82 Å². The van der Waals surface area contributed by atoms with Crippen LogP contribution in [0.4, 0.5) is 5.82 Å². The molecule has 0 spiro atoms. The summed E-state index contributed by atoms with van der Waals surface area (Å²) in [5.41, 5.74) is 5.79. The predicted molar refractivity (Wildman–Crippen MR) is 114 cm³/mol. The van der Waals surface area contributed by atoms with Crippen LogP contribution in [-0.4, -0.2) is 21.5 Å². The number of anilines is 1. The molecule has 1 amide bonds. The van der Waals surface area contributed by atoms with Crippen molar-refractivity contribution in [3.8, 4) is 5.69 Å². The van der Waals surface area contributed by atoms with Crippen LogP contribution in [0.3, 0.4) is 0 Å². The second-order valence-electron chi connectivity index (χ2n) is 7.63. The first-order valence-corrected chi connectivity index (χ1v) is 9.92. The van der Waals surface area contributed by atoms with E-state index in [0.29, 0.717) is 16.4 Å². The summed E-state index contributed by atoms with van der Waals surface area (Å²) in [6.07, 6.45) is 0.111. The molecule has 2 heterocycles. The summed E-state index contributed by atoms with van der Waals surface area (Å²) < 4.78 is 1.69. The fourth-order valence-corrected chi connectivity index (χ4v) is 4.22. The quantitative estimate of drug-likeness (QED) is 0.616. The van der Waals surface area contributed by atoms with E-state index >= 15 is 0 Å². The minimum atomic E-state index is -0.562. The summed E-state index contributed by atoms with van der Waals surface area (Å²) in [5, 5.41) is 8.19. The number of hydrogen-bond acceptors (Lipinski definition) is 3. The molecule has 0 saturated heterocycles. The molecule has 6 heteroatoms. The second-order valence-corrected chi connectivity index (χ2v) is 8.04. The largest absolute Gasteiger partial charge is 0.310 e. The minimum absolute atomic E-state index is 0.0518.